The number of aromatic nitrogens is 1. The molecular weight excluding hydrogens is 238 g/mol. The maximum atomic E-state index is 12.0. The number of nitrogens with zero attached hydrogens (tertiary/aromatic N) is 1. The Bertz CT molecular complexity index is 420. The zero-order valence-corrected chi connectivity index (χ0v) is 10.8. The molecule has 1 atom stereocenters. The van der Waals surface area contributed by atoms with Gasteiger partial charge in [-0.2, -0.15) is 0 Å². The van der Waals surface area contributed by atoms with Crippen molar-refractivity contribution in [3.05, 3.63) is 24.5 Å². The molecule has 1 heterocycles. The van der Waals surface area contributed by atoms with Crippen LogP contribution in [-0.4, -0.2) is 26.0 Å². The van der Waals surface area contributed by atoms with Crippen molar-refractivity contribution in [2.24, 2.45) is 5.73 Å². The van der Waals surface area contributed by atoms with E-state index < -0.39 is 10.0 Å². The molecule has 96 valence electrons. The average Bonchev–Trinajstić information content (AvgIpc) is 2.35. The summed E-state index contributed by atoms with van der Waals surface area (Å²) in [7, 11) is -3.49. The Morgan fingerprint density at radius 3 is 2.82 bits per heavy atom. The number of nitrogens with two attached hydrogens (primary N) is 1. The minimum atomic E-state index is -3.49. The third-order valence-electron chi connectivity index (χ3n) is 2.46. The lowest BCUT2D eigenvalue weighted by molar-refractivity contribution is 0.516. The highest BCUT2D eigenvalue weighted by Gasteiger charge is 2.18. The van der Waals surface area contributed by atoms with E-state index in [0.29, 0.717) is 6.54 Å². The van der Waals surface area contributed by atoms with E-state index in [1.807, 2.05) is 0 Å². The van der Waals surface area contributed by atoms with Crippen LogP contribution in [0.5, 0.6) is 0 Å². The second-order valence-electron chi connectivity index (χ2n) is 3.88. The lowest BCUT2D eigenvalue weighted by Crippen LogP contribution is -2.40. The minimum Gasteiger partial charge on any atom is -0.329 e. The molecule has 0 aliphatic rings. The van der Waals surface area contributed by atoms with Gasteiger partial charge in [-0.25, -0.2) is 13.1 Å². The summed E-state index contributed by atoms with van der Waals surface area (Å²) in [6.07, 6.45) is 5.60. The number of unbranched alkanes of at least 4 members (excludes halogenated alkanes) is 1. The van der Waals surface area contributed by atoms with Gasteiger partial charge in [-0.15, -0.1) is 0 Å². The number of hydrogen-bond acceptors (Lipinski definition) is 4. The lowest BCUT2D eigenvalue weighted by atomic mass is 10.1. The molecule has 0 radical (unpaired) electrons. The number of nitrogens with one attached hydrogen (secondary N) is 1. The molecule has 1 rings (SSSR count). The fourth-order valence-electron chi connectivity index (χ4n) is 1.47. The Kier molecular flexibility index (Phi) is 5.54. The summed E-state index contributed by atoms with van der Waals surface area (Å²) in [6.45, 7) is 2.36. The summed E-state index contributed by atoms with van der Waals surface area (Å²) in [4.78, 5) is 3.97. The average molecular weight is 257 g/mol. The number of hydrogen-bond donors (Lipinski definition) is 2. The van der Waals surface area contributed by atoms with Crippen LogP contribution in [0, 0.1) is 0 Å². The van der Waals surface area contributed by atoms with Crippen LogP contribution in [0.1, 0.15) is 26.2 Å². The molecule has 3 N–H and O–H groups in total. The maximum absolute atomic E-state index is 12.0. The Hall–Kier alpha value is -0.980. The molecule has 6 heteroatoms. The molecule has 0 fully saturated rings. The van der Waals surface area contributed by atoms with Crippen LogP contribution in [-0.2, 0) is 10.0 Å². The van der Waals surface area contributed by atoms with Gasteiger partial charge in [0.2, 0.25) is 10.0 Å². The van der Waals surface area contributed by atoms with E-state index in [-0.39, 0.29) is 10.9 Å². The zero-order chi connectivity index (χ0) is 12.7. The van der Waals surface area contributed by atoms with Crippen molar-refractivity contribution < 1.29 is 8.42 Å². The third-order valence-corrected chi connectivity index (χ3v) is 3.96. The first kappa shape index (κ1) is 14.1. The van der Waals surface area contributed by atoms with Gasteiger partial charge >= 0.3 is 0 Å². The van der Waals surface area contributed by atoms with Crippen molar-refractivity contribution >= 4 is 10.0 Å². The first-order chi connectivity index (χ1) is 8.10. The summed E-state index contributed by atoms with van der Waals surface area (Å²) < 4.78 is 26.5. The van der Waals surface area contributed by atoms with Crippen LogP contribution < -0.4 is 10.5 Å². The first-order valence-electron chi connectivity index (χ1n) is 5.72. The highest BCUT2D eigenvalue weighted by Crippen LogP contribution is 2.08. The highest BCUT2D eigenvalue weighted by atomic mass is 32.2. The molecule has 1 aromatic heterocycles. The van der Waals surface area contributed by atoms with E-state index in [1.54, 1.807) is 6.07 Å². The second kappa shape index (κ2) is 6.68. The van der Waals surface area contributed by atoms with Gasteiger partial charge in [-0.05, 0) is 18.6 Å². The molecule has 0 aliphatic heterocycles. The lowest BCUT2D eigenvalue weighted by Gasteiger charge is -2.16. The number of pyridine rings is 1. The molecule has 1 aromatic rings. The van der Waals surface area contributed by atoms with E-state index in [2.05, 4.69) is 16.6 Å². The smallest absolute Gasteiger partial charge is 0.242 e. The van der Waals surface area contributed by atoms with Gasteiger partial charge in [0, 0.05) is 25.0 Å². The van der Waals surface area contributed by atoms with Gasteiger partial charge in [-0.3, -0.25) is 4.98 Å². The largest absolute Gasteiger partial charge is 0.329 e. The van der Waals surface area contributed by atoms with Crippen LogP contribution in [0.2, 0.25) is 0 Å². The van der Waals surface area contributed by atoms with E-state index in [0.717, 1.165) is 19.3 Å². The Morgan fingerprint density at radius 1 is 1.53 bits per heavy atom. The molecule has 0 saturated carbocycles. The summed E-state index contributed by atoms with van der Waals surface area (Å²) in [5.74, 6) is 0. The molecule has 0 amide bonds. The fourth-order valence-corrected chi connectivity index (χ4v) is 2.72. The number of sulfonamides is 1. The molecule has 0 unspecified atom stereocenters. The van der Waals surface area contributed by atoms with Crippen molar-refractivity contribution in [1.29, 1.82) is 0 Å². The van der Waals surface area contributed by atoms with Crippen molar-refractivity contribution in [2.45, 2.75) is 37.1 Å². The van der Waals surface area contributed by atoms with Gasteiger partial charge in [0.05, 0.1) is 0 Å². The summed E-state index contributed by atoms with van der Waals surface area (Å²) in [5, 5.41) is 0. The second-order valence-corrected chi connectivity index (χ2v) is 5.60. The molecule has 0 aromatic carbocycles. The quantitative estimate of drug-likeness (QED) is 0.759. The normalized spacial score (nSPS) is 13.5. The SMILES string of the molecule is CCCC[C@H](CN)NS(=O)(=O)c1cccnc1. The predicted octanol–water partition coefficient (Wildman–Crippen LogP) is 0.877. The van der Waals surface area contributed by atoms with Crippen LogP contribution in [0.4, 0.5) is 0 Å². The zero-order valence-electron chi connectivity index (χ0n) is 9.96. The predicted molar refractivity (Wildman–Crippen MR) is 66.9 cm³/mol. The molecule has 0 saturated heterocycles. The van der Waals surface area contributed by atoms with Crippen LogP contribution in [0.25, 0.3) is 0 Å². The topological polar surface area (TPSA) is 85.1 Å². The third kappa shape index (κ3) is 4.41. The Balaban J connectivity index is 2.72. The minimum absolute atomic E-state index is 0.176. The fraction of sp³-hybridized carbons (Fsp3) is 0.545. The van der Waals surface area contributed by atoms with E-state index >= 15 is 0 Å². The summed E-state index contributed by atoms with van der Waals surface area (Å²) in [6, 6.07) is 2.90. The molecule has 0 spiro atoms. The first-order valence-corrected chi connectivity index (χ1v) is 7.21. The van der Waals surface area contributed by atoms with Crippen LogP contribution >= 0.6 is 0 Å². The van der Waals surface area contributed by atoms with Crippen LogP contribution in [0.15, 0.2) is 29.4 Å². The molecule has 5 nitrogen and oxygen atoms in total. The van der Waals surface area contributed by atoms with Gasteiger partial charge < -0.3 is 5.73 Å². The van der Waals surface area contributed by atoms with Crippen molar-refractivity contribution in [1.82, 2.24) is 9.71 Å². The van der Waals surface area contributed by atoms with Crippen molar-refractivity contribution in [3.8, 4) is 0 Å². The molecule has 0 bridgehead atoms. The summed E-state index contributed by atoms with van der Waals surface area (Å²) in [5.41, 5.74) is 5.56. The Labute approximate surface area is 102 Å². The molecule has 17 heavy (non-hydrogen) atoms. The van der Waals surface area contributed by atoms with Gasteiger partial charge in [0.1, 0.15) is 4.90 Å². The van der Waals surface area contributed by atoms with E-state index in [4.69, 9.17) is 5.73 Å². The standard InChI is InChI=1S/C11H19N3O2S/c1-2-3-5-10(8-12)14-17(15,16)11-6-4-7-13-9-11/h4,6-7,9-10,14H,2-3,5,8,12H2,1H3/t10-/m1/s1. The Morgan fingerprint density at radius 2 is 2.29 bits per heavy atom. The van der Waals surface area contributed by atoms with E-state index in [9.17, 15) is 8.42 Å². The van der Waals surface area contributed by atoms with Crippen molar-refractivity contribution in [2.75, 3.05) is 6.54 Å². The number of rotatable bonds is 7. The highest BCUT2D eigenvalue weighted by molar-refractivity contribution is 7.89. The van der Waals surface area contributed by atoms with Crippen LogP contribution in [0.3, 0.4) is 0 Å². The van der Waals surface area contributed by atoms with Gasteiger partial charge in [0.15, 0.2) is 0 Å². The molecular formula is C11H19N3O2S. The molecule has 0 aliphatic carbocycles. The summed E-state index contributed by atoms with van der Waals surface area (Å²) >= 11 is 0. The maximum Gasteiger partial charge on any atom is 0.242 e. The van der Waals surface area contributed by atoms with Gasteiger partial charge in [0.25, 0.3) is 0 Å². The monoisotopic (exact) mass is 257 g/mol. The van der Waals surface area contributed by atoms with Crippen molar-refractivity contribution in [3.63, 3.8) is 0 Å². The van der Waals surface area contributed by atoms with E-state index in [1.165, 1.54) is 18.5 Å². The van der Waals surface area contributed by atoms with Gasteiger partial charge in [-0.1, -0.05) is 19.8 Å².